The molecule has 0 atom stereocenters. The standard InChI is InChI=1S/C40H32N2Si/c1-3-28-43(2,31-24-20-29(21-25-31)41-37-16-8-4-12-33(37)34-13-5-9-17-38(34)41)32-26-22-30(23-27-32)42-39-18-10-6-14-35(39)36-15-7-11-19-40(36)42/h3-27H,1,28H2,2H3. The van der Waals surface area contributed by atoms with Gasteiger partial charge in [0.2, 0.25) is 0 Å². The summed E-state index contributed by atoms with van der Waals surface area (Å²) in [6.45, 7) is 6.65. The van der Waals surface area contributed by atoms with Crippen molar-refractivity contribution in [3.63, 3.8) is 0 Å². The van der Waals surface area contributed by atoms with E-state index >= 15 is 0 Å². The van der Waals surface area contributed by atoms with Gasteiger partial charge in [0.25, 0.3) is 0 Å². The van der Waals surface area contributed by atoms with Crippen LogP contribution in [0.4, 0.5) is 0 Å². The molecule has 2 heterocycles. The molecule has 0 N–H and O–H groups in total. The summed E-state index contributed by atoms with van der Waals surface area (Å²) in [5, 5.41) is 7.99. The highest BCUT2D eigenvalue weighted by Gasteiger charge is 2.31. The minimum absolute atomic E-state index is 0.983. The zero-order valence-electron chi connectivity index (χ0n) is 24.2. The predicted molar refractivity (Wildman–Crippen MR) is 187 cm³/mol. The van der Waals surface area contributed by atoms with Gasteiger partial charge in [-0.15, -0.1) is 6.58 Å². The fourth-order valence-electron chi connectivity index (χ4n) is 7.05. The molecule has 0 radical (unpaired) electrons. The van der Waals surface area contributed by atoms with Gasteiger partial charge in [0, 0.05) is 32.9 Å². The van der Waals surface area contributed by atoms with Gasteiger partial charge in [-0.3, -0.25) is 0 Å². The maximum absolute atomic E-state index is 4.18. The van der Waals surface area contributed by atoms with E-state index in [2.05, 4.69) is 174 Å². The van der Waals surface area contributed by atoms with Gasteiger partial charge in [0.1, 0.15) is 8.07 Å². The van der Waals surface area contributed by atoms with Gasteiger partial charge in [0.05, 0.1) is 22.1 Å². The number of fused-ring (bicyclic) bond motifs is 6. The molecule has 43 heavy (non-hydrogen) atoms. The Morgan fingerprint density at radius 2 is 0.767 bits per heavy atom. The minimum atomic E-state index is -2.07. The van der Waals surface area contributed by atoms with Crippen LogP contribution in [-0.4, -0.2) is 17.2 Å². The summed E-state index contributed by atoms with van der Waals surface area (Å²) in [5.41, 5.74) is 7.34. The molecule has 0 fully saturated rings. The van der Waals surface area contributed by atoms with E-state index in [1.807, 2.05) is 0 Å². The largest absolute Gasteiger partial charge is 0.309 e. The molecule has 0 amide bonds. The van der Waals surface area contributed by atoms with E-state index in [9.17, 15) is 0 Å². The SMILES string of the molecule is C=CC[Si](C)(c1ccc(-n2c3ccccc3c3ccccc32)cc1)c1ccc(-n2c3ccccc3c3ccccc32)cc1. The summed E-state index contributed by atoms with van der Waals surface area (Å²) in [6, 6.07) is 54.4. The third-order valence-corrected chi connectivity index (χ3v) is 13.6. The van der Waals surface area contributed by atoms with Crippen LogP contribution in [0.15, 0.2) is 158 Å². The molecule has 0 saturated carbocycles. The first-order valence-electron chi connectivity index (χ1n) is 15.0. The lowest BCUT2D eigenvalue weighted by Gasteiger charge is -2.28. The van der Waals surface area contributed by atoms with E-state index in [4.69, 9.17) is 0 Å². The molecule has 0 unspecified atom stereocenters. The van der Waals surface area contributed by atoms with Crippen molar-refractivity contribution in [3.8, 4) is 11.4 Å². The van der Waals surface area contributed by atoms with Crippen LogP contribution in [0, 0.1) is 0 Å². The number of aromatic nitrogens is 2. The molecule has 0 bridgehead atoms. The third kappa shape index (κ3) is 3.93. The maximum atomic E-state index is 4.18. The average Bonchev–Trinajstić information content (AvgIpc) is 3.58. The van der Waals surface area contributed by atoms with Crippen LogP contribution < -0.4 is 10.4 Å². The zero-order valence-corrected chi connectivity index (χ0v) is 25.2. The number of hydrogen-bond donors (Lipinski definition) is 0. The molecule has 8 rings (SSSR count). The second-order valence-electron chi connectivity index (χ2n) is 11.7. The van der Waals surface area contributed by atoms with Crippen LogP contribution in [-0.2, 0) is 0 Å². The van der Waals surface area contributed by atoms with Crippen molar-refractivity contribution in [1.29, 1.82) is 0 Å². The first-order chi connectivity index (χ1) is 21.2. The second kappa shape index (κ2) is 10.0. The summed E-state index contributed by atoms with van der Waals surface area (Å²) in [6.07, 6.45) is 2.11. The Kier molecular flexibility index (Phi) is 5.95. The van der Waals surface area contributed by atoms with Gasteiger partial charge >= 0.3 is 0 Å². The normalized spacial score (nSPS) is 12.0. The molecule has 0 spiro atoms. The fourth-order valence-corrected chi connectivity index (χ4v) is 10.2. The number of nitrogens with zero attached hydrogens (tertiary/aromatic N) is 2. The second-order valence-corrected chi connectivity index (χ2v) is 15.9. The highest BCUT2D eigenvalue weighted by molar-refractivity contribution is 7.01. The highest BCUT2D eigenvalue weighted by Crippen LogP contribution is 2.33. The smallest absolute Gasteiger partial charge is 0.118 e. The van der Waals surface area contributed by atoms with E-state index in [0.717, 1.165) is 6.04 Å². The zero-order chi connectivity index (χ0) is 29.0. The van der Waals surface area contributed by atoms with Crippen molar-refractivity contribution in [2.24, 2.45) is 0 Å². The first-order valence-corrected chi connectivity index (χ1v) is 17.7. The number of para-hydroxylation sites is 4. The van der Waals surface area contributed by atoms with Crippen LogP contribution in [0.1, 0.15) is 0 Å². The van der Waals surface area contributed by atoms with Crippen molar-refractivity contribution < 1.29 is 0 Å². The molecule has 0 aliphatic heterocycles. The lowest BCUT2D eigenvalue weighted by Crippen LogP contribution is -2.55. The Balaban J connectivity index is 1.20. The van der Waals surface area contributed by atoms with Gasteiger partial charge in [0.15, 0.2) is 0 Å². The first kappa shape index (κ1) is 25.6. The lowest BCUT2D eigenvalue weighted by atomic mass is 10.2. The van der Waals surface area contributed by atoms with Crippen molar-refractivity contribution >= 4 is 62.1 Å². The summed E-state index contributed by atoms with van der Waals surface area (Å²) in [7, 11) is -2.07. The fraction of sp³-hybridized carbons (Fsp3) is 0.0500. The van der Waals surface area contributed by atoms with Crippen molar-refractivity contribution in [2.75, 3.05) is 0 Å². The van der Waals surface area contributed by atoms with Gasteiger partial charge in [-0.05, 0) is 54.6 Å². The predicted octanol–water partition coefficient (Wildman–Crippen LogP) is 9.26. The molecule has 206 valence electrons. The van der Waals surface area contributed by atoms with Gasteiger partial charge < -0.3 is 9.13 Å². The van der Waals surface area contributed by atoms with E-state index in [1.165, 1.54) is 65.4 Å². The molecule has 0 saturated heterocycles. The number of rotatable bonds is 6. The van der Waals surface area contributed by atoms with E-state index < -0.39 is 8.07 Å². The third-order valence-electron chi connectivity index (χ3n) is 9.24. The molecular formula is C40H32N2Si. The Bertz CT molecular complexity index is 2020. The molecule has 8 aromatic rings. The Morgan fingerprint density at radius 1 is 0.465 bits per heavy atom. The van der Waals surface area contributed by atoms with Crippen molar-refractivity contribution in [2.45, 2.75) is 12.6 Å². The monoisotopic (exact) mass is 568 g/mol. The highest BCUT2D eigenvalue weighted by atomic mass is 28.3. The molecule has 2 nitrogen and oxygen atoms in total. The van der Waals surface area contributed by atoms with Crippen LogP contribution in [0.3, 0.4) is 0 Å². The summed E-state index contributed by atoms with van der Waals surface area (Å²) in [4.78, 5) is 0. The van der Waals surface area contributed by atoms with Crippen molar-refractivity contribution in [1.82, 2.24) is 9.13 Å². The summed E-state index contributed by atoms with van der Waals surface area (Å²) >= 11 is 0. The maximum Gasteiger partial charge on any atom is 0.118 e. The minimum Gasteiger partial charge on any atom is -0.309 e. The Morgan fingerprint density at radius 3 is 1.07 bits per heavy atom. The van der Waals surface area contributed by atoms with Gasteiger partial charge in [-0.2, -0.15) is 0 Å². The lowest BCUT2D eigenvalue weighted by molar-refractivity contribution is 1.18. The van der Waals surface area contributed by atoms with Gasteiger partial charge in [-0.1, -0.05) is 120 Å². The molecule has 3 heteroatoms. The molecular weight excluding hydrogens is 537 g/mol. The van der Waals surface area contributed by atoms with Crippen LogP contribution in [0.25, 0.3) is 55.0 Å². The van der Waals surface area contributed by atoms with Gasteiger partial charge in [-0.25, -0.2) is 0 Å². The summed E-state index contributed by atoms with van der Waals surface area (Å²) < 4.78 is 4.78. The van der Waals surface area contributed by atoms with Crippen molar-refractivity contribution in [3.05, 3.63) is 158 Å². The van der Waals surface area contributed by atoms with Crippen LogP contribution in [0.5, 0.6) is 0 Å². The topological polar surface area (TPSA) is 9.86 Å². The van der Waals surface area contributed by atoms with Crippen LogP contribution >= 0.6 is 0 Å². The van der Waals surface area contributed by atoms with Crippen LogP contribution in [0.2, 0.25) is 12.6 Å². The molecule has 2 aromatic heterocycles. The van der Waals surface area contributed by atoms with E-state index in [-0.39, 0.29) is 0 Å². The average molecular weight is 569 g/mol. The number of hydrogen-bond acceptors (Lipinski definition) is 0. The molecule has 0 aliphatic carbocycles. The molecule has 6 aromatic carbocycles. The Hall–Kier alpha value is -5.12. The Labute approximate surface area is 252 Å². The summed E-state index contributed by atoms with van der Waals surface area (Å²) in [5.74, 6) is 0. The number of allylic oxidation sites excluding steroid dienone is 1. The van der Waals surface area contributed by atoms with E-state index in [1.54, 1.807) is 0 Å². The number of benzene rings is 6. The van der Waals surface area contributed by atoms with E-state index in [0.29, 0.717) is 0 Å². The quantitative estimate of drug-likeness (QED) is 0.140. The molecule has 0 aliphatic rings.